The van der Waals surface area contributed by atoms with Crippen LogP contribution in [0.4, 0.5) is 0 Å². The van der Waals surface area contributed by atoms with Crippen LogP contribution in [0, 0.1) is 0 Å². The van der Waals surface area contributed by atoms with Crippen LogP contribution in [0.5, 0.6) is 0 Å². The molecule has 4 nitrogen and oxygen atoms in total. The van der Waals surface area contributed by atoms with Crippen LogP contribution in [0.15, 0.2) is 206 Å². The van der Waals surface area contributed by atoms with Gasteiger partial charge in [0, 0.05) is 38.2 Å². The lowest BCUT2D eigenvalue weighted by Gasteiger charge is -2.14. The van der Waals surface area contributed by atoms with Gasteiger partial charge in [-0.15, -0.1) is 0 Å². The number of para-hydroxylation sites is 2. The highest BCUT2D eigenvalue weighted by Crippen LogP contribution is 2.42. The topological polar surface area (TPSA) is 35.6 Å². The van der Waals surface area contributed by atoms with E-state index in [-0.39, 0.29) is 0 Å². The average molecular weight is 787 g/mol. The number of nitrogens with zero attached hydrogens (tertiary/aromatic N) is 4. The van der Waals surface area contributed by atoms with Gasteiger partial charge in [0.1, 0.15) is 0 Å². The lowest BCUT2D eigenvalue weighted by Crippen LogP contribution is -2.03. The van der Waals surface area contributed by atoms with Crippen LogP contribution >= 0.6 is 0 Å². The normalized spacial score (nSPS) is 12.2. The first kappa shape index (κ1) is 33.5. The maximum atomic E-state index is 5.57. The van der Waals surface area contributed by atoms with E-state index in [0.717, 1.165) is 49.7 Å². The van der Waals surface area contributed by atoms with Gasteiger partial charge >= 0.3 is 0 Å². The van der Waals surface area contributed by atoms with Gasteiger partial charge in [0.05, 0.1) is 33.3 Å². The summed E-state index contributed by atoms with van der Waals surface area (Å²) >= 11 is 0. The van der Waals surface area contributed by atoms with Crippen LogP contribution in [0.3, 0.4) is 0 Å². The predicted octanol–water partition coefficient (Wildman–Crippen LogP) is 15.3. The Kier molecular flexibility index (Phi) is 6.80. The zero-order chi connectivity index (χ0) is 40.5. The highest BCUT2D eigenvalue weighted by Gasteiger charge is 2.21. The van der Waals surface area contributed by atoms with Gasteiger partial charge in [0.2, 0.25) is 5.95 Å². The van der Waals surface area contributed by atoms with E-state index in [1.54, 1.807) is 0 Å². The van der Waals surface area contributed by atoms with Crippen molar-refractivity contribution in [3.8, 4) is 22.9 Å². The van der Waals surface area contributed by atoms with Gasteiger partial charge in [-0.3, -0.25) is 4.57 Å². The molecule has 286 valence electrons. The summed E-state index contributed by atoms with van der Waals surface area (Å²) in [5, 5.41) is 18.2. The van der Waals surface area contributed by atoms with E-state index in [1.165, 1.54) is 75.7 Å². The number of aromatic nitrogens is 4. The molecule has 14 rings (SSSR count). The summed E-state index contributed by atoms with van der Waals surface area (Å²) < 4.78 is 4.71. The maximum absolute atomic E-state index is 5.57. The Hall–Kier alpha value is -8.34. The van der Waals surface area contributed by atoms with Gasteiger partial charge in [0.15, 0.2) is 0 Å². The molecule has 0 bridgehead atoms. The Morgan fingerprint density at radius 1 is 0.290 bits per heavy atom. The Balaban J connectivity index is 1.05. The lowest BCUT2D eigenvalue weighted by atomic mass is 9.92. The highest BCUT2D eigenvalue weighted by atomic mass is 15.2. The van der Waals surface area contributed by atoms with Gasteiger partial charge in [-0.1, -0.05) is 152 Å². The van der Waals surface area contributed by atoms with Crippen molar-refractivity contribution >= 4 is 108 Å². The van der Waals surface area contributed by atoms with Gasteiger partial charge in [0.25, 0.3) is 0 Å². The van der Waals surface area contributed by atoms with E-state index in [1.807, 2.05) is 0 Å². The molecule has 0 aliphatic heterocycles. The first-order chi connectivity index (χ1) is 30.7. The third kappa shape index (κ3) is 4.66. The molecule has 0 unspecified atom stereocenters. The van der Waals surface area contributed by atoms with Crippen molar-refractivity contribution in [3.63, 3.8) is 0 Å². The quantitative estimate of drug-likeness (QED) is 0.167. The molecular formula is C58H34N4. The number of fused-ring (bicyclic) bond motifs is 16. The summed E-state index contributed by atoms with van der Waals surface area (Å²) in [4.78, 5) is 10.9. The van der Waals surface area contributed by atoms with Crippen molar-refractivity contribution in [1.82, 2.24) is 19.1 Å². The molecule has 0 amide bonds. The van der Waals surface area contributed by atoms with E-state index in [0.29, 0.717) is 5.95 Å². The molecule has 11 aromatic carbocycles. The summed E-state index contributed by atoms with van der Waals surface area (Å²) in [5.41, 5.74) is 8.50. The second kappa shape index (κ2) is 12.6. The fourth-order valence-corrected chi connectivity index (χ4v) is 10.5. The van der Waals surface area contributed by atoms with Crippen LogP contribution in [0.1, 0.15) is 0 Å². The zero-order valence-corrected chi connectivity index (χ0v) is 33.4. The summed E-state index contributed by atoms with van der Waals surface area (Å²) in [7, 11) is 0. The van der Waals surface area contributed by atoms with Crippen LogP contribution in [-0.4, -0.2) is 19.1 Å². The molecule has 3 aromatic heterocycles. The second-order valence-corrected chi connectivity index (χ2v) is 16.5. The third-order valence-electron chi connectivity index (χ3n) is 13.2. The van der Waals surface area contributed by atoms with Crippen LogP contribution in [-0.2, 0) is 0 Å². The number of hydrogen-bond donors (Lipinski definition) is 0. The summed E-state index contributed by atoms with van der Waals surface area (Å²) in [5.74, 6) is 0.647. The third-order valence-corrected chi connectivity index (χ3v) is 13.2. The molecule has 62 heavy (non-hydrogen) atoms. The molecule has 0 aliphatic carbocycles. The van der Waals surface area contributed by atoms with Crippen molar-refractivity contribution in [2.24, 2.45) is 0 Å². The molecule has 3 heterocycles. The summed E-state index contributed by atoms with van der Waals surface area (Å²) in [6, 6.07) is 75.0. The Bertz CT molecular complexity index is 4190. The summed E-state index contributed by atoms with van der Waals surface area (Å²) in [6.45, 7) is 0. The molecule has 4 heteroatoms. The molecule has 0 spiro atoms. The van der Waals surface area contributed by atoms with Crippen molar-refractivity contribution in [1.29, 1.82) is 0 Å². The fourth-order valence-electron chi connectivity index (χ4n) is 10.5. The Morgan fingerprint density at radius 2 is 0.855 bits per heavy atom. The molecule has 14 aromatic rings. The molecular weight excluding hydrogens is 753 g/mol. The summed E-state index contributed by atoms with van der Waals surface area (Å²) in [6.07, 6.45) is 0. The zero-order valence-electron chi connectivity index (χ0n) is 33.4. The first-order valence-corrected chi connectivity index (χ1v) is 21.2. The van der Waals surface area contributed by atoms with E-state index in [2.05, 4.69) is 215 Å². The van der Waals surface area contributed by atoms with Crippen molar-refractivity contribution < 1.29 is 0 Å². The largest absolute Gasteiger partial charge is 0.309 e. The smallest absolute Gasteiger partial charge is 0.235 e. The molecule has 0 saturated heterocycles. The van der Waals surface area contributed by atoms with Gasteiger partial charge in [-0.25, -0.2) is 9.97 Å². The molecule has 0 radical (unpaired) electrons. The Morgan fingerprint density at radius 3 is 1.63 bits per heavy atom. The predicted molar refractivity (Wildman–Crippen MR) is 261 cm³/mol. The second-order valence-electron chi connectivity index (χ2n) is 16.5. The monoisotopic (exact) mass is 786 g/mol. The van der Waals surface area contributed by atoms with Crippen molar-refractivity contribution in [2.45, 2.75) is 0 Å². The maximum Gasteiger partial charge on any atom is 0.235 e. The molecule has 0 atom stereocenters. The first-order valence-electron chi connectivity index (χ1n) is 21.2. The fraction of sp³-hybridized carbons (Fsp3) is 0. The minimum absolute atomic E-state index is 0.647. The van der Waals surface area contributed by atoms with E-state index >= 15 is 0 Å². The van der Waals surface area contributed by atoms with Gasteiger partial charge < -0.3 is 4.57 Å². The van der Waals surface area contributed by atoms with E-state index < -0.39 is 0 Å². The number of rotatable bonds is 3. The number of benzene rings is 11. The highest BCUT2D eigenvalue weighted by molar-refractivity contribution is 6.26. The van der Waals surface area contributed by atoms with Crippen molar-refractivity contribution in [3.05, 3.63) is 206 Å². The van der Waals surface area contributed by atoms with Gasteiger partial charge in [-0.05, 0) is 108 Å². The Labute approximate surface area is 355 Å². The van der Waals surface area contributed by atoms with E-state index in [4.69, 9.17) is 9.97 Å². The van der Waals surface area contributed by atoms with Crippen molar-refractivity contribution in [2.75, 3.05) is 0 Å². The molecule has 0 N–H and O–H groups in total. The lowest BCUT2D eigenvalue weighted by molar-refractivity contribution is 1.01. The molecule has 0 saturated carbocycles. The SMILES string of the molecule is c1ccc2cc3c(cc2c1)c1cc(-n2c4ccccc4c4c5ccccc5ccc42)ccc1n3-c1nc(-c2ccc3c4ccccc4c4ccccc4c3c2)c2ccccc2n1. The van der Waals surface area contributed by atoms with Crippen LogP contribution in [0.2, 0.25) is 0 Å². The number of hydrogen-bond acceptors (Lipinski definition) is 2. The van der Waals surface area contributed by atoms with Gasteiger partial charge in [-0.2, -0.15) is 0 Å². The molecule has 0 fully saturated rings. The van der Waals surface area contributed by atoms with Crippen LogP contribution in [0.25, 0.3) is 131 Å². The average Bonchev–Trinajstić information content (AvgIpc) is 3.85. The molecule has 0 aliphatic rings. The van der Waals surface area contributed by atoms with Crippen LogP contribution < -0.4 is 0 Å². The standard InChI is InChI=1S/C58H34N4/c1-2-15-37-33-55-49(31-36(37)14-1)50-34-39(61-52-24-12-10-22-47(52)56-40-16-4-3-13-35(40)26-29-54(56)61)27-30-53(50)62(55)58-59-51-23-11-9-21-46(51)57(60-58)38-25-28-45-43-19-6-5-17-41(43)42-18-7-8-20-44(42)48(45)32-38/h1-34H. The minimum Gasteiger partial charge on any atom is -0.309 e. The van der Waals surface area contributed by atoms with E-state index in [9.17, 15) is 0 Å². The minimum atomic E-state index is 0.647.